The molecule has 1 fully saturated rings. The van der Waals surface area contributed by atoms with Gasteiger partial charge in [0.25, 0.3) is 0 Å². The van der Waals surface area contributed by atoms with Gasteiger partial charge in [-0.1, -0.05) is 12.1 Å². The van der Waals surface area contributed by atoms with E-state index in [1.54, 1.807) is 0 Å². The summed E-state index contributed by atoms with van der Waals surface area (Å²) in [5, 5.41) is 6.16. The lowest BCUT2D eigenvalue weighted by atomic mass is 10.2. The molecule has 1 aromatic heterocycles. The number of ether oxygens (including phenoxy) is 1. The van der Waals surface area contributed by atoms with Crippen molar-refractivity contribution in [3.63, 3.8) is 0 Å². The van der Waals surface area contributed by atoms with Crippen LogP contribution >= 0.6 is 24.8 Å². The number of hydrogen-bond acceptors (Lipinski definition) is 4. The van der Waals surface area contributed by atoms with E-state index in [4.69, 9.17) is 4.74 Å². The average Bonchev–Trinajstić information content (AvgIpc) is 2.86. The monoisotopic (exact) mass is 360 g/mol. The fraction of sp³-hybridized carbons (Fsp3) is 0.467. The van der Waals surface area contributed by atoms with E-state index in [9.17, 15) is 4.79 Å². The Balaban J connectivity index is 0.00000132. The van der Waals surface area contributed by atoms with Gasteiger partial charge < -0.3 is 19.9 Å². The van der Waals surface area contributed by atoms with Crippen molar-refractivity contribution in [2.45, 2.75) is 19.0 Å². The standard InChI is InChI=1S/C15H20N4O2.2ClH/c1-10(17-15(20)12-9-21-8-7-16-12)14-18-11-5-3-4-6-13(11)19(14)2;;/h3-6,10,12,16H,7-9H2,1-2H3,(H,17,20);2*1H. The second-order valence-corrected chi connectivity index (χ2v) is 5.33. The van der Waals surface area contributed by atoms with Crippen LogP contribution in [-0.4, -0.2) is 41.3 Å². The van der Waals surface area contributed by atoms with Crippen molar-refractivity contribution in [3.8, 4) is 0 Å². The summed E-state index contributed by atoms with van der Waals surface area (Å²) in [4.78, 5) is 16.8. The first-order valence-corrected chi connectivity index (χ1v) is 7.19. The lowest BCUT2D eigenvalue weighted by molar-refractivity contribution is -0.126. The first kappa shape index (κ1) is 19.7. The highest BCUT2D eigenvalue weighted by atomic mass is 35.5. The second-order valence-electron chi connectivity index (χ2n) is 5.33. The molecule has 0 aliphatic carbocycles. The summed E-state index contributed by atoms with van der Waals surface area (Å²) >= 11 is 0. The predicted molar refractivity (Wildman–Crippen MR) is 94.4 cm³/mol. The number of carbonyl (C=O) groups is 1. The molecular weight excluding hydrogens is 339 g/mol. The van der Waals surface area contributed by atoms with Gasteiger partial charge in [0.1, 0.15) is 11.9 Å². The summed E-state index contributed by atoms with van der Waals surface area (Å²) in [6.45, 7) is 3.73. The number of carbonyl (C=O) groups excluding carboxylic acids is 1. The largest absolute Gasteiger partial charge is 0.378 e. The van der Waals surface area contributed by atoms with Gasteiger partial charge in [-0.3, -0.25) is 4.79 Å². The van der Waals surface area contributed by atoms with Crippen LogP contribution in [0.3, 0.4) is 0 Å². The minimum atomic E-state index is -0.282. The van der Waals surface area contributed by atoms with E-state index in [0.717, 1.165) is 16.9 Å². The van der Waals surface area contributed by atoms with E-state index >= 15 is 0 Å². The lowest BCUT2D eigenvalue weighted by Gasteiger charge is -2.24. The van der Waals surface area contributed by atoms with Crippen molar-refractivity contribution in [1.29, 1.82) is 0 Å². The second kappa shape index (κ2) is 8.49. The van der Waals surface area contributed by atoms with E-state index in [0.29, 0.717) is 19.8 Å². The molecule has 0 saturated carbocycles. The molecule has 1 saturated heterocycles. The summed E-state index contributed by atoms with van der Waals surface area (Å²) in [6.07, 6.45) is 0. The Bertz CT molecular complexity index is 656. The number of nitrogens with one attached hydrogen (secondary N) is 2. The normalized spacial score (nSPS) is 18.6. The summed E-state index contributed by atoms with van der Waals surface area (Å²) < 4.78 is 7.34. The molecule has 0 bridgehead atoms. The highest BCUT2D eigenvalue weighted by Gasteiger charge is 2.24. The van der Waals surface area contributed by atoms with Gasteiger partial charge >= 0.3 is 0 Å². The molecule has 1 aliphatic rings. The number of aromatic nitrogens is 2. The molecule has 1 amide bonds. The molecule has 8 heteroatoms. The van der Waals surface area contributed by atoms with Crippen LogP contribution in [0, 0.1) is 0 Å². The number of morpholine rings is 1. The van der Waals surface area contributed by atoms with Gasteiger partial charge in [0.05, 0.1) is 30.3 Å². The van der Waals surface area contributed by atoms with Crippen LogP contribution in [0.25, 0.3) is 11.0 Å². The van der Waals surface area contributed by atoms with E-state index in [-0.39, 0.29) is 42.8 Å². The molecule has 2 N–H and O–H groups in total. The van der Waals surface area contributed by atoms with E-state index < -0.39 is 0 Å². The predicted octanol–water partition coefficient (Wildman–Crippen LogP) is 1.58. The van der Waals surface area contributed by atoms with E-state index in [2.05, 4.69) is 15.6 Å². The lowest BCUT2D eigenvalue weighted by Crippen LogP contribution is -2.51. The number of imidazole rings is 1. The molecule has 23 heavy (non-hydrogen) atoms. The van der Waals surface area contributed by atoms with E-state index in [1.165, 1.54) is 0 Å². The Morgan fingerprint density at radius 1 is 1.43 bits per heavy atom. The number of halogens is 2. The van der Waals surface area contributed by atoms with Crippen molar-refractivity contribution in [2.24, 2.45) is 7.05 Å². The van der Waals surface area contributed by atoms with Crippen LogP contribution in [0.15, 0.2) is 24.3 Å². The Hall–Kier alpha value is -1.34. The first-order chi connectivity index (χ1) is 10.2. The number of hydrogen-bond donors (Lipinski definition) is 2. The van der Waals surface area contributed by atoms with Crippen LogP contribution < -0.4 is 10.6 Å². The summed E-state index contributed by atoms with van der Waals surface area (Å²) in [5.41, 5.74) is 2.00. The molecule has 6 nitrogen and oxygen atoms in total. The fourth-order valence-corrected chi connectivity index (χ4v) is 2.66. The molecule has 1 aromatic carbocycles. The van der Waals surface area contributed by atoms with Crippen molar-refractivity contribution in [1.82, 2.24) is 20.2 Å². The van der Waals surface area contributed by atoms with Gasteiger partial charge in [-0.15, -0.1) is 24.8 Å². The third kappa shape index (κ3) is 4.14. The zero-order valence-electron chi connectivity index (χ0n) is 13.1. The van der Waals surface area contributed by atoms with Crippen LogP contribution in [0.1, 0.15) is 18.8 Å². The van der Waals surface area contributed by atoms with Gasteiger partial charge in [0.2, 0.25) is 5.91 Å². The van der Waals surface area contributed by atoms with Crippen LogP contribution in [0.2, 0.25) is 0 Å². The molecule has 2 atom stereocenters. The van der Waals surface area contributed by atoms with Crippen molar-refractivity contribution >= 4 is 41.8 Å². The van der Waals surface area contributed by atoms with Crippen LogP contribution in [0.4, 0.5) is 0 Å². The number of para-hydroxylation sites is 2. The van der Waals surface area contributed by atoms with Gasteiger partial charge in [0, 0.05) is 13.6 Å². The number of fused-ring (bicyclic) bond motifs is 1. The van der Waals surface area contributed by atoms with E-state index in [1.807, 2.05) is 42.8 Å². The molecule has 2 aromatic rings. The van der Waals surface area contributed by atoms with Gasteiger partial charge in [-0.2, -0.15) is 0 Å². The number of aryl methyl sites for hydroxylation is 1. The van der Waals surface area contributed by atoms with Crippen molar-refractivity contribution in [2.75, 3.05) is 19.8 Å². The number of rotatable bonds is 3. The maximum Gasteiger partial charge on any atom is 0.240 e. The van der Waals surface area contributed by atoms with Crippen LogP contribution in [0.5, 0.6) is 0 Å². The van der Waals surface area contributed by atoms with Crippen molar-refractivity contribution < 1.29 is 9.53 Å². The maximum atomic E-state index is 12.2. The molecule has 2 unspecified atom stereocenters. The topological polar surface area (TPSA) is 68.2 Å². The zero-order chi connectivity index (χ0) is 14.8. The smallest absolute Gasteiger partial charge is 0.240 e. The quantitative estimate of drug-likeness (QED) is 0.871. The number of benzene rings is 1. The average molecular weight is 361 g/mol. The zero-order valence-corrected chi connectivity index (χ0v) is 14.7. The van der Waals surface area contributed by atoms with Gasteiger partial charge in [-0.25, -0.2) is 4.98 Å². The highest BCUT2D eigenvalue weighted by molar-refractivity contribution is 5.85. The first-order valence-electron chi connectivity index (χ1n) is 7.19. The Labute approximate surface area is 147 Å². The number of amides is 1. The summed E-state index contributed by atoms with van der Waals surface area (Å²) in [6, 6.07) is 7.52. The molecule has 0 radical (unpaired) electrons. The minimum absolute atomic E-state index is 0. The Morgan fingerprint density at radius 3 is 2.83 bits per heavy atom. The van der Waals surface area contributed by atoms with Gasteiger partial charge in [-0.05, 0) is 19.1 Å². The third-order valence-corrected chi connectivity index (χ3v) is 3.81. The highest BCUT2D eigenvalue weighted by Crippen LogP contribution is 2.19. The molecule has 1 aliphatic heterocycles. The fourth-order valence-electron chi connectivity index (χ4n) is 2.66. The Morgan fingerprint density at radius 2 is 2.17 bits per heavy atom. The summed E-state index contributed by atoms with van der Waals surface area (Å²) in [5.74, 6) is 0.801. The molecular formula is C15H22Cl2N4O2. The molecule has 0 spiro atoms. The molecule has 3 rings (SSSR count). The van der Waals surface area contributed by atoms with Gasteiger partial charge in [0.15, 0.2) is 0 Å². The molecule has 128 valence electrons. The maximum absolute atomic E-state index is 12.2. The Kier molecular flexibility index (Phi) is 7.28. The summed E-state index contributed by atoms with van der Waals surface area (Å²) in [7, 11) is 1.97. The SMILES string of the molecule is CC(NC(=O)C1COCCN1)c1nc2ccccc2n1C.Cl.Cl. The molecule has 2 heterocycles. The minimum Gasteiger partial charge on any atom is -0.378 e. The van der Waals surface area contributed by atoms with Crippen molar-refractivity contribution in [3.05, 3.63) is 30.1 Å². The third-order valence-electron chi connectivity index (χ3n) is 3.81. The van der Waals surface area contributed by atoms with Crippen LogP contribution in [-0.2, 0) is 16.6 Å². The number of nitrogens with zero attached hydrogens (tertiary/aromatic N) is 2.